The third-order valence-electron chi connectivity index (χ3n) is 2.70. The normalized spacial score (nSPS) is 11.0. The molecule has 2 aromatic rings. The molecule has 112 valence electrons. The number of hydrogen-bond donors (Lipinski definition) is 1. The third-order valence-corrected chi connectivity index (χ3v) is 3.34. The number of rotatable bonds is 5. The number of ether oxygens (including phenoxy) is 1. The van der Waals surface area contributed by atoms with Gasteiger partial charge in [-0.1, -0.05) is 13.8 Å². The molecule has 0 atom stereocenters. The summed E-state index contributed by atoms with van der Waals surface area (Å²) in [5, 5.41) is 3.17. The average molecular weight is 357 g/mol. The maximum absolute atomic E-state index is 13.5. The molecule has 0 bridgehead atoms. The number of hydrogen-bond acceptors (Lipinski definition) is 3. The molecule has 0 radical (unpaired) electrons. The number of nitrogens with one attached hydrogen (secondary N) is 1. The van der Waals surface area contributed by atoms with Crippen LogP contribution in [-0.2, 0) is 6.54 Å². The second-order valence-electron chi connectivity index (χ2n) is 4.83. The maximum Gasteiger partial charge on any atom is 0.223 e. The van der Waals surface area contributed by atoms with Crippen LogP contribution in [0.3, 0.4) is 0 Å². The van der Waals surface area contributed by atoms with E-state index in [1.54, 1.807) is 12.1 Å². The molecule has 1 N–H and O–H groups in total. The van der Waals surface area contributed by atoms with Crippen LogP contribution in [0.25, 0.3) is 0 Å². The Labute approximate surface area is 130 Å². The molecule has 1 aromatic heterocycles. The first-order valence-corrected chi connectivity index (χ1v) is 7.25. The van der Waals surface area contributed by atoms with Gasteiger partial charge in [-0.25, -0.2) is 13.8 Å². The van der Waals surface area contributed by atoms with Gasteiger partial charge in [-0.2, -0.15) is 0 Å². The minimum absolute atomic E-state index is 0.242. The average Bonchev–Trinajstić information content (AvgIpc) is 2.43. The van der Waals surface area contributed by atoms with E-state index in [0.29, 0.717) is 22.3 Å². The van der Waals surface area contributed by atoms with Gasteiger partial charge in [0.2, 0.25) is 5.88 Å². The first-order chi connectivity index (χ1) is 9.95. The third kappa shape index (κ3) is 4.47. The Bertz CT molecular complexity index is 635. The van der Waals surface area contributed by atoms with Gasteiger partial charge in [0.25, 0.3) is 0 Å². The molecule has 21 heavy (non-hydrogen) atoms. The molecular formula is C15H15BrF2N2O. The second kappa shape index (κ2) is 6.95. The van der Waals surface area contributed by atoms with E-state index in [4.69, 9.17) is 4.74 Å². The van der Waals surface area contributed by atoms with E-state index in [-0.39, 0.29) is 11.9 Å². The van der Waals surface area contributed by atoms with Crippen molar-refractivity contribution in [2.75, 3.05) is 0 Å². The lowest BCUT2D eigenvalue weighted by atomic mass is 10.2. The molecule has 2 rings (SSSR count). The largest absolute Gasteiger partial charge is 0.439 e. The lowest BCUT2D eigenvalue weighted by Gasteiger charge is -2.13. The van der Waals surface area contributed by atoms with Gasteiger partial charge in [-0.15, -0.1) is 0 Å². The van der Waals surface area contributed by atoms with Crippen LogP contribution in [0, 0.1) is 11.6 Å². The monoisotopic (exact) mass is 356 g/mol. The van der Waals surface area contributed by atoms with Crippen LogP contribution >= 0.6 is 15.9 Å². The molecule has 0 fully saturated rings. The molecule has 0 aliphatic heterocycles. The standard InChI is InChI=1S/C15H15BrF2N2O/c1-9(2)19-7-10-5-11(17)8-20-15(10)21-12-3-4-13(16)14(18)6-12/h3-6,8-9,19H,7H2,1-2H3. The molecule has 0 saturated heterocycles. The van der Waals surface area contributed by atoms with Crippen molar-refractivity contribution < 1.29 is 13.5 Å². The van der Waals surface area contributed by atoms with Gasteiger partial charge in [0, 0.05) is 24.2 Å². The molecular weight excluding hydrogens is 342 g/mol. The smallest absolute Gasteiger partial charge is 0.223 e. The van der Waals surface area contributed by atoms with Crippen molar-refractivity contribution in [3.05, 3.63) is 52.1 Å². The van der Waals surface area contributed by atoms with Gasteiger partial charge < -0.3 is 10.1 Å². The highest BCUT2D eigenvalue weighted by atomic mass is 79.9. The van der Waals surface area contributed by atoms with E-state index in [1.165, 1.54) is 12.1 Å². The van der Waals surface area contributed by atoms with E-state index >= 15 is 0 Å². The Morgan fingerprint density at radius 1 is 1.29 bits per heavy atom. The van der Waals surface area contributed by atoms with Crippen molar-refractivity contribution in [1.29, 1.82) is 0 Å². The lowest BCUT2D eigenvalue weighted by molar-refractivity contribution is 0.441. The molecule has 6 heteroatoms. The van der Waals surface area contributed by atoms with E-state index in [9.17, 15) is 8.78 Å². The Morgan fingerprint density at radius 3 is 2.71 bits per heavy atom. The van der Waals surface area contributed by atoms with Crippen molar-refractivity contribution >= 4 is 15.9 Å². The van der Waals surface area contributed by atoms with Crippen molar-refractivity contribution in [2.24, 2.45) is 0 Å². The molecule has 1 heterocycles. The number of benzene rings is 1. The molecule has 0 unspecified atom stereocenters. The molecule has 3 nitrogen and oxygen atoms in total. The molecule has 1 aromatic carbocycles. The summed E-state index contributed by atoms with van der Waals surface area (Å²) in [6, 6.07) is 5.99. The molecule has 0 aliphatic rings. The first kappa shape index (κ1) is 15.9. The summed E-state index contributed by atoms with van der Waals surface area (Å²) < 4.78 is 32.7. The fourth-order valence-electron chi connectivity index (χ4n) is 1.65. The van der Waals surface area contributed by atoms with Crippen LogP contribution in [0.4, 0.5) is 8.78 Å². The van der Waals surface area contributed by atoms with Crippen LogP contribution in [0.2, 0.25) is 0 Å². The van der Waals surface area contributed by atoms with E-state index in [0.717, 1.165) is 6.20 Å². The highest BCUT2D eigenvalue weighted by Gasteiger charge is 2.10. The molecule has 0 aliphatic carbocycles. The number of halogens is 3. The van der Waals surface area contributed by atoms with Crippen LogP contribution in [0.5, 0.6) is 11.6 Å². The Kier molecular flexibility index (Phi) is 5.25. The van der Waals surface area contributed by atoms with Gasteiger partial charge in [0.1, 0.15) is 17.4 Å². The zero-order chi connectivity index (χ0) is 15.4. The Morgan fingerprint density at radius 2 is 2.05 bits per heavy atom. The van der Waals surface area contributed by atoms with Crippen molar-refractivity contribution in [3.63, 3.8) is 0 Å². The summed E-state index contributed by atoms with van der Waals surface area (Å²) >= 11 is 3.07. The van der Waals surface area contributed by atoms with Crippen LogP contribution < -0.4 is 10.1 Å². The highest BCUT2D eigenvalue weighted by Crippen LogP contribution is 2.27. The number of nitrogens with zero attached hydrogens (tertiary/aromatic N) is 1. The van der Waals surface area contributed by atoms with Gasteiger partial charge in [0.05, 0.1) is 10.7 Å². The Balaban J connectivity index is 2.23. The summed E-state index contributed by atoms with van der Waals surface area (Å²) in [4.78, 5) is 3.93. The van der Waals surface area contributed by atoms with Gasteiger partial charge >= 0.3 is 0 Å². The summed E-state index contributed by atoms with van der Waals surface area (Å²) in [7, 11) is 0. The topological polar surface area (TPSA) is 34.2 Å². The van der Waals surface area contributed by atoms with Crippen molar-refractivity contribution in [1.82, 2.24) is 10.3 Å². The first-order valence-electron chi connectivity index (χ1n) is 6.46. The predicted molar refractivity (Wildman–Crippen MR) is 80.3 cm³/mol. The van der Waals surface area contributed by atoms with Gasteiger partial charge in [-0.3, -0.25) is 0 Å². The lowest BCUT2D eigenvalue weighted by Crippen LogP contribution is -2.22. The zero-order valence-electron chi connectivity index (χ0n) is 11.7. The zero-order valence-corrected chi connectivity index (χ0v) is 13.2. The SMILES string of the molecule is CC(C)NCc1cc(F)cnc1Oc1ccc(Br)c(F)c1. The summed E-state index contributed by atoms with van der Waals surface area (Å²) in [6.07, 6.45) is 1.07. The minimum Gasteiger partial charge on any atom is -0.439 e. The number of aromatic nitrogens is 1. The highest BCUT2D eigenvalue weighted by molar-refractivity contribution is 9.10. The summed E-state index contributed by atoms with van der Waals surface area (Å²) in [5.41, 5.74) is 0.576. The fraction of sp³-hybridized carbons (Fsp3) is 0.267. The van der Waals surface area contributed by atoms with E-state index in [1.807, 2.05) is 13.8 Å². The quantitative estimate of drug-likeness (QED) is 0.861. The Hall–Kier alpha value is -1.53. The fourth-order valence-corrected chi connectivity index (χ4v) is 1.90. The summed E-state index contributed by atoms with van der Waals surface area (Å²) in [5.74, 6) is -0.312. The minimum atomic E-state index is -0.440. The van der Waals surface area contributed by atoms with Crippen LogP contribution in [-0.4, -0.2) is 11.0 Å². The van der Waals surface area contributed by atoms with E-state index in [2.05, 4.69) is 26.2 Å². The molecule has 0 saturated carbocycles. The predicted octanol–water partition coefficient (Wildman–Crippen LogP) is 4.41. The van der Waals surface area contributed by atoms with Crippen molar-refractivity contribution in [2.45, 2.75) is 26.4 Å². The maximum atomic E-state index is 13.5. The van der Waals surface area contributed by atoms with Gasteiger partial charge in [-0.05, 0) is 34.1 Å². The van der Waals surface area contributed by atoms with Crippen molar-refractivity contribution in [3.8, 4) is 11.6 Å². The number of pyridine rings is 1. The van der Waals surface area contributed by atoms with Crippen LogP contribution in [0.1, 0.15) is 19.4 Å². The second-order valence-corrected chi connectivity index (χ2v) is 5.69. The van der Waals surface area contributed by atoms with Crippen LogP contribution in [0.15, 0.2) is 34.9 Å². The van der Waals surface area contributed by atoms with E-state index < -0.39 is 11.6 Å². The molecule has 0 spiro atoms. The summed E-state index contributed by atoms with van der Waals surface area (Å²) in [6.45, 7) is 4.38. The molecule has 0 amide bonds. The van der Waals surface area contributed by atoms with Gasteiger partial charge in [0.15, 0.2) is 0 Å².